The number of carbonyl (C=O) groups is 1. The van der Waals surface area contributed by atoms with Gasteiger partial charge in [-0.1, -0.05) is 17.2 Å². The van der Waals surface area contributed by atoms with Gasteiger partial charge >= 0.3 is 0 Å². The van der Waals surface area contributed by atoms with Gasteiger partial charge in [0, 0.05) is 17.7 Å². The standard InChI is InChI=1S/C24H25N5O5/c1-31-16-7-5-13(6-8-16)14-9-17-21(18(30)10-14)22(29-24(25-17)26-27-28-29)15-11-19(32-2)23(34-4)20(12-15)33-3/h5-8,11-12,14,22H,9-10H2,1-4H3,(H,25,26,28)/t14-,22-/m0/s1. The first kappa shape index (κ1) is 21.7. The minimum Gasteiger partial charge on any atom is -0.497 e. The fourth-order valence-corrected chi connectivity index (χ4v) is 4.75. The van der Waals surface area contributed by atoms with E-state index in [1.807, 2.05) is 36.4 Å². The molecule has 2 atom stereocenters. The number of tetrazole rings is 1. The van der Waals surface area contributed by atoms with E-state index in [2.05, 4.69) is 20.8 Å². The largest absolute Gasteiger partial charge is 0.497 e. The molecule has 0 fully saturated rings. The number of hydrogen-bond acceptors (Lipinski definition) is 9. The summed E-state index contributed by atoms with van der Waals surface area (Å²) in [4.78, 5) is 13.6. The fourth-order valence-electron chi connectivity index (χ4n) is 4.75. The second-order valence-electron chi connectivity index (χ2n) is 8.13. The Bertz CT molecular complexity index is 1240. The second kappa shape index (κ2) is 8.69. The van der Waals surface area contributed by atoms with Gasteiger partial charge in [-0.05, 0) is 58.2 Å². The average Bonchev–Trinajstić information content (AvgIpc) is 3.34. The average molecular weight is 463 g/mol. The molecule has 1 aliphatic carbocycles. The summed E-state index contributed by atoms with van der Waals surface area (Å²) in [5.74, 6) is 2.78. The van der Waals surface area contributed by atoms with Gasteiger partial charge in [-0.15, -0.1) is 0 Å². The second-order valence-corrected chi connectivity index (χ2v) is 8.13. The molecule has 34 heavy (non-hydrogen) atoms. The van der Waals surface area contributed by atoms with Crippen molar-refractivity contribution in [3.63, 3.8) is 0 Å². The third-order valence-electron chi connectivity index (χ3n) is 6.37. The van der Waals surface area contributed by atoms with E-state index in [1.54, 1.807) is 33.1 Å². The molecule has 0 unspecified atom stereocenters. The molecule has 0 bridgehead atoms. The number of hydrogen-bond donors (Lipinski definition) is 1. The van der Waals surface area contributed by atoms with Gasteiger partial charge in [0.25, 0.3) is 0 Å². The van der Waals surface area contributed by atoms with Crippen LogP contribution in [0.5, 0.6) is 23.0 Å². The van der Waals surface area contributed by atoms with Crippen molar-refractivity contribution in [1.82, 2.24) is 20.2 Å². The lowest BCUT2D eigenvalue weighted by atomic mass is 9.78. The van der Waals surface area contributed by atoms with Crippen LogP contribution in [0.4, 0.5) is 5.95 Å². The molecule has 1 N–H and O–H groups in total. The zero-order chi connectivity index (χ0) is 23.8. The van der Waals surface area contributed by atoms with E-state index in [-0.39, 0.29) is 11.7 Å². The highest BCUT2D eigenvalue weighted by molar-refractivity contribution is 6.00. The van der Waals surface area contributed by atoms with Gasteiger partial charge in [-0.25, -0.2) is 0 Å². The molecule has 1 aliphatic heterocycles. The molecule has 10 heteroatoms. The molecule has 1 aromatic heterocycles. The minimum absolute atomic E-state index is 0.0349. The molecule has 2 aliphatic rings. The van der Waals surface area contributed by atoms with E-state index in [4.69, 9.17) is 18.9 Å². The van der Waals surface area contributed by atoms with Crippen molar-refractivity contribution in [1.29, 1.82) is 0 Å². The molecule has 2 heterocycles. The molecule has 2 aromatic carbocycles. The number of benzene rings is 2. The number of carbonyl (C=O) groups excluding carboxylic acids is 1. The molecule has 0 amide bonds. The van der Waals surface area contributed by atoms with Crippen LogP contribution in [0, 0.1) is 0 Å². The molecule has 0 saturated heterocycles. The highest BCUT2D eigenvalue weighted by Crippen LogP contribution is 2.47. The van der Waals surface area contributed by atoms with Crippen molar-refractivity contribution in [2.45, 2.75) is 24.8 Å². The van der Waals surface area contributed by atoms with Gasteiger partial charge in [0.2, 0.25) is 11.7 Å². The maximum atomic E-state index is 13.6. The zero-order valence-electron chi connectivity index (χ0n) is 19.4. The van der Waals surface area contributed by atoms with Crippen LogP contribution in [0.1, 0.15) is 35.9 Å². The van der Waals surface area contributed by atoms with Crippen LogP contribution in [-0.2, 0) is 4.79 Å². The van der Waals surface area contributed by atoms with E-state index < -0.39 is 6.04 Å². The fraction of sp³-hybridized carbons (Fsp3) is 0.333. The van der Waals surface area contributed by atoms with Crippen LogP contribution in [0.25, 0.3) is 0 Å². The summed E-state index contributed by atoms with van der Waals surface area (Å²) in [7, 11) is 6.30. The number of nitrogens with zero attached hydrogens (tertiary/aromatic N) is 4. The summed E-state index contributed by atoms with van der Waals surface area (Å²) in [5.41, 5.74) is 3.29. The van der Waals surface area contributed by atoms with Crippen molar-refractivity contribution in [3.8, 4) is 23.0 Å². The van der Waals surface area contributed by atoms with Crippen LogP contribution < -0.4 is 24.3 Å². The van der Waals surface area contributed by atoms with E-state index >= 15 is 0 Å². The number of Topliss-reactive ketones (excluding diaryl/α,β-unsaturated/α-hetero) is 1. The number of nitrogens with one attached hydrogen (secondary N) is 1. The van der Waals surface area contributed by atoms with Crippen molar-refractivity contribution in [2.75, 3.05) is 33.8 Å². The highest BCUT2D eigenvalue weighted by atomic mass is 16.5. The number of rotatable bonds is 6. The van der Waals surface area contributed by atoms with Crippen LogP contribution in [0.15, 0.2) is 47.7 Å². The maximum Gasteiger partial charge on any atom is 0.248 e. The molecular weight excluding hydrogens is 438 g/mol. The maximum absolute atomic E-state index is 13.6. The van der Waals surface area contributed by atoms with Crippen molar-refractivity contribution >= 4 is 11.7 Å². The van der Waals surface area contributed by atoms with E-state index in [1.165, 1.54) is 0 Å². The predicted molar refractivity (Wildman–Crippen MR) is 123 cm³/mol. The number of aromatic nitrogens is 4. The van der Waals surface area contributed by atoms with Gasteiger partial charge in [0.15, 0.2) is 17.3 Å². The summed E-state index contributed by atoms with van der Waals surface area (Å²) in [6, 6.07) is 11.0. The first-order valence-electron chi connectivity index (χ1n) is 10.8. The smallest absolute Gasteiger partial charge is 0.248 e. The Morgan fingerprint density at radius 2 is 1.62 bits per heavy atom. The Morgan fingerprint density at radius 1 is 0.912 bits per heavy atom. The number of fused-ring (bicyclic) bond motifs is 1. The Morgan fingerprint density at radius 3 is 2.24 bits per heavy atom. The molecule has 5 rings (SSSR count). The summed E-state index contributed by atoms with van der Waals surface area (Å²) >= 11 is 0. The first-order valence-corrected chi connectivity index (χ1v) is 10.8. The molecule has 176 valence electrons. The number of methoxy groups -OCH3 is 4. The minimum atomic E-state index is -0.528. The lowest BCUT2D eigenvalue weighted by Crippen LogP contribution is -2.33. The highest BCUT2D eigenvalue weighted by Gasteiger charge is 2.40. The third-order valence-corrected chi connectivity index (χ3v) is 6.37. The van der Waals surface area contributed by atoms with Crippen LogP contribution in [0.2, 0.25) is 0 Å². The number of anilines is 1. The van der Waals surface area contributed by atoms with Crippen LogP contribution in [0.3, 0.4) is 0 Å². The Kier molecular flexibility index (Phi) is 5.56. The number of ketones is 1. The lowest BCUT2D eigenvalue weighted by molar-refractivity contribution is -0.116. The van der Waals surface area contributed by atoms with Crippen LogP contribution >= 0.6 is 0 Å². The summed E-state index contributed by atoms with van der Waals surface area (Å²) < 4.78 is 23.4. The third kappa shape index (κ3) is 3.51. The molecule has 3 aromatic rings. The molecular formula is C24H25N5O5. The predicted octanol–water partition coefficient (Wildman–Crippen LogP) is 3.12. The first-order chi connectivity index (χ1) is 16.6. The van der Waals surface area contributed by atoms with Gasteiger partial charge in [0.05, 0.1) is 28.4 Å². The molecule has 0 radical (unpaired) electrons. The Labute approximate surface area is 196 Å². The Balaban J connectivity index is 1.60. The van der Waals surface area contributed by atoms with Crippen LogP contribution in [-0.4, -0.2) is 54.4 Å². The molecule has 0 saturated carbocycles. The summed E-state index contributed by atoms with van der Waals surface area (Å²) in [6.07, 6.45) is 1.03. The molecule has 10 nitrogen and oxygen atoms in total. The van der Waals surface area contributed by atoms with Crippen molar-refractivity contribution in [2.24, 2.45) is 0 Å². The Hall–Kier alpha value is -4.08. The van der Waals surface area contributed by atoms with Gasteiger partial charge < -0.3 is 24.3 Å². The van der Waals surface area contributed by atoms with E-state index in [9.17, 15) is 4.79 Å². The van der Waals surface area contributed by atoms with Crippen molar-refractivity contribution < 1.29 is 23.7 Å². The molecule has 0 spiro atoms. The van der Waals surface area contributed by atoms with Crippen molar-refractivity contribution in [3.05, 3.63) is 58.8 Å². The SMILES string of the molecule is COc1ccc([C@@H]2CC(=O)C3=C(C2)Nc2nnnn2[C@H]3c2cc(OC)c(OC)c(OC)c2)cc1. The topological polar surface area (TPSA) is 110 Å². The lowest BCUT2D eigenvalue weighted by Gasteiger charge is -2.35. The number of ether oxygens (including phenoxy) is 4. The number of allylic oxidation sites excluding steroid dienone is 2. The zero-order valence-corrected chi connectivity index (χ0v) is 19.4. The summed E-state index contributed by atoms with van der Waals surface area (Å²) in [6.45, 7) is 0. The van der Waals surface area contributed by atoms with E-state index in [0.29, 0.717) is 41.6 Å². The van der Waals surface area contributed by atoms with E-state index in [0.717, 1.165) is 22.6 Å². The normalized spacial score (nSPS) is 19.1. The van der Waals surface area contributed by atoms with Gasteiger partial charge in [-0.3, -0.25) is 4.79 Å². The van der Waals surface area contributed by atoms with Gasteiger partial charge in [-0.2, -0.15) is 4.68 Å². The summed E-state index contributed by atoms with van der Waals surface area (Å²) in [5, 5.41) is 15.4. The quantitative estimate of drug-likeness (QED) is 0.589. The monoisotopic (exact) mass is 463 g/mol. The van der Waals surface area contributed by atoms with Gasteiger partial charge in [0.1, 0.15) is 11.8 Å².